The maximum Gasteiger partial charge on any atom is 0.306 e. The molecule has 0 saturated carbocycles. The number of hydrogen-bond acceptors (Lipinski definition) is 6. The number of aromatic nitrogens is 2. The molecule has 2 aromatic carbocycles. The molecular formula is C21H20ClN3O4. The van der Waals surface area contributed by atoms with E-state index < -0.39 is 11.9 Å². The van der Waals surface area contributed by atoms with E-state index in [2.05, 4.69) is 15.5 Å². The zero-order chi connectivity index (χ0) is 20.8. The second-order valence-corrected chi connectivity index (χ2v) is 6.98. The van der Waals surface area contributed by atoms with Gasteiger partial charge in [0.1, 0.15) is 0 Å². The highest BCUT2D eigenvalue weighted by Gasteiger charge is 2.13. The summed E-state index contributed by atoms with van der Waals surface area (Å²) in [6.07, 6.45) is 0.247. The Balaban J connectivity index is 1.45. The number of anilines is 1. The van der Waals surface area contributed by atoms with Crippen molar-refractivity contribution in [2.45, 2.75) is 26.7 Å². The average Bonchev–Trinajstić information content (AvgIpc) is 3.17. The van der Waals surface area contributed by atoms with Crippen LogP contribution in [0.5, 0.6) is 0 Å². The zero-order valence-electron chi connectivity index (χ0n) is 16.1. The minimum absolute atomic E-state index is 0.0268. The van der Waals surface area contributed by atoms with Crippen molar-refractivity contribution in [2.24, 2.45) is 0 Å². The molecule has 0 aliphatic carbocycles. The largest absolute Gasteiger partial charge is 0.456 e. The van der Waals surface area contributed by atoms with Gasteiger partial charge < -0.3 is 14.6 Å². The molecule has 3 rings (SSSR count). The first-order valence-electron chi connectivity index (χ1n) is 9.02. The van der Waals surface area contributed by atoms with E-state index in [1.165, 1.54) is 0 Å². The molecule has 0 bridgehead atoms. The first-order chi connectivity index (χ1) is 13.9. The van der Waals surface area contributed by atoms with Crippen LogP contribution in [0.25, 0.3) is 11.4 Å². The molecule has 0 unspecified atom stereocenters. The third-order valence-corrected chi connectivity index (χ3v) is 4.40. The molecule has 0 radical (unpaired) electrons. The fourth-order valence-corrected chi connectivity index (χ4v) is 2.68. The number of aryl methyl sites for hydroxylation is 3. The standard InChI is InChI=1S/C21H20ClN3O4/c1-13-3-4-14(2)17(11-13)23-18(26)12-28-20(27)10-9-19-24-21(25-29-19)15-5-7-16(22)8-6-15/h3-8,11H,9-10,12H2,1-2H3,(H,23,26). The van der Waals surface area contributed by atoms with E-state index in [1.807, 2.05) is 32.0 Å². The molecule has 1 aromatic heterocycles. The lowest BCUT2D eigenvalue weighted by molar-refractivity contribution is -0.147. The van der Waals surface area contributed by atoms with Gasteiger partial charge in [0.05, 0.1) is 6.42 Å². The van der Waals surface area contributed by atoms with E-state index in [9.17, 15) is 9.59 Å². The van der Waals surface area contributed by atoms with Crippen LogP contribution in [0.3, 0.4) is 0 Å². The van der Waals surface area contributed by atoms with Gasteiger partial charge in [-0.25, -0.2) is 0 Å². The fraction of sp³-hybridized carbons (Fsp3) is 0.238. The minimum Gasteiger partial charge on any atom is -0.456 e. The number of benzene rings is 2. The van der Waals surface area contributed by atoms with Gasteiger partial charge in [-0.15, -0.1) is 0 Å². The summed E-state index contributed by atoms with van der Waals surface area (Å²) in [5.74, 6) is -0.188. The van der Waals surface area contributed by atoms with E-state index in [0.29, 0.717) is 22.4 Å². The van der Waals surface area contributed by atoms with Crippen molar-refractivity contribution >= 4 is 29.2 Å². The molecular weight excluding hydrogens is 394 g/mol. The summed E-state index contributed by atoms with van der Waals surface area (Å²) in [6.45, 7) is 3.47. The van der Waals surface area contributed by atoms with Gasteiger partial charge in [-0.3, -0.25) is 9.59 Å². The first-order valence-corrected chi connectivity index (χ1v) is 9.40. The predicted molar refractivity (Wildman–Crippen MR) is 109 cm³/mol. The van der Waals surface area contributed by atoms with Crippen molar-refractivity contribution in [1.82, 2.24) is 10.1 Å². The predicted octanol–water partition coefficient (Wildman–Crippen LogP) is 4.12. The Morgan fingerprint density at radius 3 is 2.66 bits per heavy atom. The van der Waals surface area contributed by atoms with Gasteiger partial charge in [-0.1, -0.05) is 28.9 Å². The molecule has 150 valence electrons. The van der Waals surface area contributed by atoms with E-state index >= 15 is 0 Å². The molecule has 0 spiro atoms. The number of nitrogens with one attached hydrogen (secondary N) is 1. The summed E-state index contributed by atoms with van der Waals surface area (Å²) >= 11 is 5.86. The molecule has 8 heteroatoms. The quantitative estimate of drug-likeness (QED) is 0.585. The number of halogens is 1. The lowest BCUT2D eigenvalue weighted by Crippen LogP contribution is -2.21. The van der Waals surface area contributed by atoms with Gasteiger partial charge in [-0.2, -0.15) is 4.98 Å². The Labute approximate surface area is 173 Å². The Hall–Kier alpha value is -3.19. The second kappa shape index (κ2) is 9.34. The number of carbonyl (C=O) groups excluding carboxylic acids is 2. The van der Waals surface area contributed by atoms with Crippen molar-refractivity contribution < 1.29 is 18.8 Å². The molecule has 3 aromatic rings. The average molecular weight is 414 g/mol. The SMILES string of the molecule is Cc1ccc(C)c(NC(=O)COC(=O)CCc2nc(-c3ccc(Cl)cc3)no2)c1. The van der Waals surface area contributed by atoms with Crippen molar-refractivity contribution in [3.63, 3.8) is 0 Å². The van der Waals surface area contributed by atoms with Crippen LogP contribution in [-0.4, -0.2) is 28.6 Å². The smallest absolute Gasteiger partial charge is 0.306 e. The Kier molecular flexibility index (Phi) is 6.61. The van der Waals surface area contributed by atoms with Crippen molar-refractivity contribution in [3.05, 3.63) is 64.5 Å². The monoisotopic (exact) mass is 413 g/mol. The molecule has 0 fully saturated rings. The lowest BCUT2D eigenvalue weighted by atomic mass is 10.1. The second-order valence-electron chi connectivity index (χ2n) is 6.55. The maximum atomic E-state index is 12.0. The summed E-state index contributed by atoms with van der Waals surface area (Å²) in [5, 5.41) is 7.24. The van der Waals surface area contributed by atoms with Gasteiger partial charge in [0, 0.05) is 22.7 Å². The summed E-state index contributed by atoms with van der Waals surface area (Å²) in [5.41, 5.74) is 3.42. The highest BCUT2D eigenvalue weighted by molar-refractivity contribution is 6.30. The first kappa shape index (κ1) is 20.5. The summed E-state index contributed by atoms with van der Waals surface area (Å²) in [6, 6.07) is 12.8. The van der Waals surface area contributed by atoms with Crippen LogP contribution in [0.1, 0.15) is 23.4 Å². The van der Waals surface area contributed by atoms with Crippen LogP contribution in [-0.2, 0) is 20.7 Å². The highest BCUT2D eigenvalue weighted by Crippen LogP contribution is 2.19. The minimum atomic E-state index is -0.521. The van der Waals surface area contributed by atoms with Crippen LogP contribution >= 0.6 is 11.6 Å². The highest BCUT2D eigenvalue weighted by atomic mass is 35.5. The third kappa shape index (κ3) is 5.89. The van der Waals surface area contributed by atoms with Crippen molar-refractivity contribution in [3.8, 4) is 11.4 Å². The number of rotatable bonds is 7. The van der Waals surface area contributed by atoms with Crippen LogP contribution in [0, 0.1) is 13.8 Å². The molecule has 1 heterocycles. The molecule has 0 atom stereocenters. The number of ether oxygens (including phenoxy) is 1. The van der Waals surface area contributed by atoms with Gasteiger partial charge >= 0.3 is 5.97 Å². The molecule has 0 aliphatic rings. The van der Waals surface area contributed by atoms with Crippen LogP contribution < -0.4 is 5.32 Å². The van der Waals surface area contributed by atoms with E-state index in [-0.39, 0.29) is 19.4 Å². The number of esters is 1. The molecule has 29 heavy (non-hydrogen) atoms. The Bertz CT molecular complexity index is 1020. The van der Waals surface area contributed by atoms with Crippen molar-refractivity contribution in [1.29, 1.82) is 0 Å². The molecule has 1 amide bonds. The van der Waals surface area contributed by atoms with Crippen molar-refractivity contribution in [2.75, 3.05) is 11.9 Å². The molecule has 7 nitrogen and oxygen atoms in total. The van der Waals surface area contributed by atoms with E-state index in [0.717, 1.165) is 16.7 Å². The van der Waals surface area contributed by atoms with Gasteiger partial charge in [0.2, 0.25) is 11.7 Å². The summed E-state index contributed by atoms with van der Waals surface area (Å²) in [4.78, 5) is 28.1. The Morgan fingerprint density at radius 1 is 1.14 bits per heavy atom. The van der Waals surface area contributed by atoms with E-state index in [1.54, 1.807) is 24.3 Å². The molecule has 1 N–H and O–H groups in total. The number of hydrogen-bond donors (Lipinski definition) is 1. The van der Waals surface area contributed by atoms with Gasteiger partial charge in [0.15, 0.2) is 6.61 Å². The zero-order valence-corrected chi connectivity index (χ0v) is 16.8. The third-order valence-electron chi connectivity index (χ3n) is 4.14. The topological polar surface area (TPSA) is 94.3 Å². The fourth-order valence-electron chi connectivity index (χ4n) is 2.56. The van der Waals surface area contributed by atoms with E-state index in [4.69, 9.17) is 20.9 Å². The van der Waals surface area contributed by atoms with Crippen LogP contribution in [0.2, 0.25) is 5.02 Å². The number of carbonyl (C=O) groups is 2. The van der Waals surface area contributed by atoms with Crippen LogP contribution in [0.4, 0.5) is 5.69 Å². The summed E-state index contributed by atoms with van der Waals surface area (Å²) in [7, 11) is 0. The lowest BCUT2D eigenvalue weighted by Gasteiger charge is -2.09. The number of nitrogens with zero attached hydrogens (tertiary/aromatic N) is 2. The Morgan fingerprint density at radius 2 is 1.90 bits per heavy atom. The van der Waals surface area contributed by atoms with Gasteiger partial charge in [0.25, 0.3) is 5.91 Å². The maximum absolute atomic E-state index is 12.0. The van der Waals surface area contributed by atoms with Crippen LogP contribution in [0.15, 0.2) is 47.0 Å². The molecule has 0 aliphatic heterocycles. The molecule has 0 saturated heterocycles. The van der Waals surface area contributed by atoms with Gasteiger partial charge in [-0.05, 0) is 55.3 Å². The summed E-state index contributed by atoms with van der Waals surface area (Å²) < 4.78 is 10.2. The normalized spacial score (nSPS) is 10.6. The number of amides is 1.